The van der Waals surface area contributed by atoms with Gasteiger partial charge in [0.1, 0.15) is 0 Å². The van der Waals surface area contributed by atoms with Crippen molar-refractivity contribution in [3.8, 4) is 28.3 Å². The molecule has 1 aliphatic carbocycles. The van der Waals surface area contributed by atoms with Gasteiger partial charge in [-0.3, -0.25) is 4.68 Å². The molecule has 0 bridgehead atoms. The second-order valence-corrected chi connectivity index (χ2v) is 7.93. The molecule has 7 nitrogen and oxygen atoms in total. The van der Waals surface area contributed by atoms with Gasteiger partial charge in [0.05, 0.1) is 30.8 Å². The molecule has 0 aliphatic heterocycles. The summed E-state index contributed by atoms with van der Waals surface area (Å²) in [6, 6.07) is 10.9. The Labute approximate surface area is 182 Å². The highest BCUT2D eigenvalue weighted by atomic mass is 19.3. The molecule has 3 aromatic heterocycles. The van der Waals surface area contributed by atoms with E-state index < -0.39 is 11.8 Å². The number of alkyl halides is 2. The number of methoxy groups -OCH3 is 1. The van der Waals surface area contributed by atoms with Gasteiger partial charge in [0.15, 0.2) is 5.69 Å². The highest BCUT2D eigenvalue weighted by molar-refractivity contribution is 5.88. The lowest BCUT2D eigenvalue weighted by Crippen LogP contribution is -2.19. The van der Waals surface area contributed by atoms with Crippen LogP contribution in [0, 0.1) is 12.0 Å². The largest absolute Gasteiger partial charge is 0.480 e. The van der Waals surface area contributed by atoms with E-state index in [4.69, 9.17) is 11.3 Å². The lowest BCUT2D eigenvalue weighted by atomic mass is 10.0. The fraction of sp³-hybridized carbons (Fsp3) is 0.261. The molecule has 1 saturated carbocycles. The molecule has 1 aliphatic rings. The molecule has 0 N–H and O–H groups in total. The molecule has 160 valence electrons. The molecule has 1 aromatic carbocycles. The summed E-state index contributed by atoms with van der Waals surface area (Å²) in [5, 5.41) is 13.4. The molecule has 0 unspecified atom stereocenters. The molecule has 3 heterocycles. The Hall–Kier alpha value is -3.93. The second-order valence-electron chi connectivity index (χ2n) is 7.93. The van der Waals surface area contributed by atoms with Gasteiger partial charge in [-0.05, 0) is 31.0 Å². The van der Waals surface area contributed by atoms with Gasteiger partial charge in [-0.2, -0.15) is 5.10 Å². The number of hydrogen-bond donors (Lipinski definition) is 0. The maximum absolute atomic E-state index is 13.3. The molecule has 32 heavy (non-hydrogen) atoms. The Morgan fingerprint density at radius 1 is 1.16 bits per heavy atom. The van der Waals surface area contributed by atoms with Crippen molar-refractivity contribution in [2.75, 3.05) is 7.11 Å². The zero-order valence-electron chi connectivity index (χ0n) is 17.2. The first-order chi connectivity index (χ1) is 15.5. The monoisotopic (exact) mass is 432 g/mol. The molecule has 0 spiro atoms. The zero-order valence-corrected chi connectivity index (χ0v) is 17.2. The summed E-state index contributed by atoms with van der Waals surface area (Å²) in [6.07, 6.45) is 2.06. The zero-order chi connectivity index (χ0) is 22.3. The smallest absolute Gasteiger partial charge is 0.270 e. The maximum atomic E-state index is 13.3. The van der Waals surface area contributed by atoms with E-state index in [2.05, 4.69) is 25.1 Å². The first-order valence-corrected chi connectivity index (χ1v) is 10.0. The van der Waals surface area contributed by atoms with E-state index >= 15 is 0 Å². The standard InChI is InChI=1S/C23H18F2N6O/c1-26-19-6-5-17(16-11-27-31(12-16)13-23(7-8-23)22(24)25)21(28-19)15-4-3-14-10-20(32-2)30-29-18(14)9-15/h3-6,9-12,22H,7-8,13H2,2H3. The van der Waals surface area contributed by atoms with Crippen molar-refractivity contribution in [2.24, 2.45) is 5.41 Å². The molecular formula is C23H18F2N6O. The number of benzene rings is 1. The van der Waals surface area contributed by atoms with Crippen molar-refractivity contribution >= 4 is 16.7 Å². The average Bonchev–Trinajstić information content (AvgIpc) is 3.47. The van der Waals surface area contributed by atoms with E-state index in [1.807, 2.05) is 18.2 Å². The van der Waals surface area contributed by atoms with Gasteiger partial charge < -0.3 is 9.58 Å². The van der Waals surface area contributed by atoms with E-state index in [-0.39, 0.29) is 12.4 Å². The van der Waals surface area contributed by atoms with Crippen LogP contribution < -0.4 is 4.74 Å². The lowest BCUT2D eigenvalue weighted by Gasteiger charge is -2.13. The van der Waals surface area contributed by atoms with Crippen LogP contribution in [0.1, 0.15) is 12.8 Å². The Balaban J connectivity index is 1.55. The van der Waals surface area contributed by atoms with Crippen molar-refractivity contribution in [2.45, 2.75) is 25.8 Å². The number of pyridine rings is 1. The number of hydrogen-bond acceptors (Lipinski definition) is 5. The third-order valence-corrected chi connectivity index (χ3v) is 5.82. The van der Waals surface area contributed by atoms with E-state index in [1.165, 1.54) is 7.11 Å². The van der Waals surface area contributed by atoms with Crippen LogP contribution >= 0.6 is 0 Å². The third kappa shape index (κ3) is 3.54. The Kier molecular flexibility index (Phi) is 4.78. The Morgan fingerprint density at radius 3 is 2.72 bits per heavy atom. The van der Waals surface area contributed by atoms with E-state index in [1.54, 1.807) is 35.3 Å². The minimum absolute atomic E-state index is 0.182. The lowest BCUT2D eigenvalue weighted by molar-refractivity contribution is 0.0491. The normalized spacial score (nSPS) is 14.5. The molecule has 5 rings (SSSR count). The van der Waals surface area contributed by atoms with Crippen LogP contribution in [-0.4, -0.2) is 38.5 Å². The van der Waals surface area contributed by atoms with Crippen molar-refractivity contribution < 1.29 is 13.5 Å². The average molecular weight is 432 g/mol. The van der Waals surface area contributed by atoms with Crippen LogP contribution in [0.5, 0.6) is 5.88 Å². The van der Waals surface area contributed by atoms with Crippen LogP contribution in [0.15, 0.2) is 48.8 Å². The highest BCUT2D eigenvalue weighted by Gasteiger charge is 2.51. The number of halogens is 2. The van der Waals surface area contributed by atoms with E-state index in [0.29, 0.717) is 29.9 Å². The van der Waals surface area contributed by atoms with Gasteiger partial charge >= 0.3 is 0 Å². The summed E-state index contributed by atoms with van der Waals surface area (Å²) in [5.74, 6) is 0.676. The molecule has 0 radical (unpaired) electrons. The van der Waals surface area contributed by atoms with Crippen LogP contribution in [-0.2, 0) is 6.54 Å². The van der Waals surface area contributed by atoms with Crippen molar-refractivity contribution in [1.82, 2.24) is 25.0 Å². The second kappa shape index (κ2) is 7.64. The fourth-order valence-electron chi connectivity index (χ4n) is 3.75. The number of ether oxygens (including phenoxy) is 1. The topological polar surface area (TPSA) is 70.1 Å². The van der Waals surface area contributed by atoms with E-state index in [9.17, 15) is 8.78 Å². The molecule has 0 amide bonds. The van der Waals surface area contributed by atoms with Crippen LogP contribution in [0.4, 0.5) is 14.6 Å². The third-order valence-electron chi connectivity index (χ3n) is 5.82. The molecular weight excluding hydrogens is 414 g/mol. The summed E-state index contributed by atoms with van der Waals surface area (Å²) >= 11 is 0. The van der Waals surface area contributed by atoms with Gasteiger partial charge in [-0.15, -0.1) is 15.2 Å². The van der Waals surface area contributed by atoms with Gasteiger partial charge in [-0.1, -0.05) is 18.7 Å². The van der Waals surface area contributed by atoms with Gasteiger partial charge in [0.25, 0.3) is 5.82 Å². The first-order valence-electron chi connectivity index (χ1n) is 10.0. The first kappa shape index (κ1) is 20.0. The summed E-state index contributed by atoms with van der Waals surface area (Å²) in [6.45, 7) is 7.52. The molecule has 0 atom stereocenters. The van der Waals surface area contributed by atoms with E-state index in [0.717, 1.165) is 22.1 Å². The van der Waals surface area contributed by atoms with Crippen molar-refractivity contribution in [1.29, 1.82) is 0 Å². The van der Waals surface area contributed by atoms with Gasteiger partial charge in [0.2, 0.25) is 12.3 Å². The Morgan fingerprint density at radius 2 is 2.00 bits per heavy atom. The number of fused-ring (bicyclic) bond motifs is 1. The van der Waals surface area contributed by atoms with Crippen LogP contribution in [0.25, 0.3) is 38.1 Å². The van der Waals surface area contributed by atoms with Gasteiger partial charge in [-0.25, -0.2) is 8.78 Å². The summed E-state index contributed by atoms with van der Waals surface area (Å²) in [5.41, 5.74) is 2.55. The number of rotatable bonds is 6. The number of nitrogens with zero attached hydrogens (tertiary/aromatic N) is 6. The molecule has 0 saturated heterocycles. The quantitative estimate of drug-likeness (QED) is 0.394. The fourth-order valence-corrected chi connectivity index (χ4v) is 3.75. The summed E-state index contributed by atoms with van der Waals surface area (Å²) < 4.78 is 33.4. The minimum atomic E-state index is -2.36. The highest BCUT2D eigenvalue weighted by Crippen LogP contribution is 2.52. The van der Waals surface area contributed by atoms with Crippen LogP contribution in [0.3, 0.4) is 0 Å². The predicted octanol–water partition coefficient (Wildman–Crippen LogP) is 5.16. The Bertz CT molecular complexity index is 1360. The van der Waals surface area contributed by atoms with Crippen molar-refractivity contribution in [3.05, 3.63) is 60.2 Å². The maximum Gasteiger partial charge on any atom is 0.270 e. The van der Waals surface area contributed by atoms with Crippen molar-refractivity contribution in [3.63, 3.8) is 0 Å². The predicted molar refractivity (Wildman–Crippen MR) is 114 cm³/mol. The van der Waals surface area contributed by atoms with Crippen LogP contribution in [0.2, 0.25) is 0 Å². The SMILES string of the molecule is [C-]#[N+]c1ccc(-c2cnn(CC3(C(F)F)CC3)c2)c(-c2ccc3cc(OC)nnc3c2)n1. The number of aromatic nitrogens is 5. The van der Waals surface area contributed by atoms with Gasteiger partial charge in [0, 0.05) is 34.3 Å². The molecule has 9 heteroatoms. The minimum Gasteiger partial charge on any atom is -0.480 e. The summed E-state index contributed by atoms with van der Waals surface area (Å²) in [4.78, 5) is 7.97. The molecule has 1 fully saturated rings. The molecule has 4 aromatic rings. The summed E-state index contributed by atoms with van der Waals surface area (Å²) in [7, 11) is 1.53.